The first-order valence-corrected chi connectivity index (χ1v) is 14.4. The van der Waals surface area contributed by atoms with Crippen LogP contribution >= 0.6 is 0 Å². The molecule has 0 saturated heterocycles. The number of hydrogen-bond acceptors (Lipinski definition) is 4. The van der Waals surface area contributed by atoms with Crippen LogP contribution in [0.15, 0.2) is 23.8 Å². The molecule has 185 valence electrons. The number of hydrogen-bond donors (Lipinski definition) is 1. The van der Waals surface area contributed by atoms with E-state index in [9.17, 15) is 4.79 Å². The summed E-state index contributed by atoms with van der Waals surface area (Å²) in [5.41, 5.74) is 3.04. The third kappa shape index (κ3) is 7.09. The Hall–Kier alpha value is -1.79. The number of carbonyl (C=O) groups is 1. The fourth-order valence-corrected chi connectivity index (χ4v) is 5.27. The van der Waals surface area contributed by atoms with Crippen LogP contribution in [0.4, 0.5) is 0 Å². The van der Waals surface area contributed by atoms with Crippen molar-refractivity contribution in [1.82, 2.24) is 0 Å². The molecule has 0 atom stereocenters. The summed E-state index contributed by atoms with van der Waals surface area (Å²) in [6.45, 7) is 21.6. The minimum Gasteiger partial charge on any atom is -0.542 e. The minimum atomic E-state index is -0.973. The van der Waals surface area contributed by atoms with E-state index in [1.54, 1.807) is 0 Å². The van der Waals surface area contributed by atoms with E-state index >= 15 is 0 Å². The third-order valence-corrected chi connectivity index (χ3v) is 6.54. The highest BCUT2D eigenvalue weighted by Gasteiger charge is 2.44. The van der Waals surface area contributed by atoms with Crippen molar-refractivity contribution in [3.63, 3.8) is 0 Å². The van der Waals surface area contributed by atoms with Crippen molar-refractivity contribution >= 4 is 20.8 Å². The number of para-hydroxylation sites is 1. The summed E-state index contributed by atoms with van der Waals surface area (Å²) >= 11 is 0. The Morgan fingerprint density at radius 3 is 2.39 bits per heavy atom. The Kier molecular flexibility index (Phi) is 8.85. The van der Waals surface area contributed by atoms with E-state index in [1.807, 2.05) is 0 Å². The maximum atomic E-state index is 10.7. The fourth-order valence-electron chi connectivity index (χ4n) is 4.64. The lowest BCUT2D eigenvalue weighted by molar-refractivity contribution is -0.137. The zero-order valence-electron chi connectivity index (χ0n) is 22.1. The summed E-state index contributed by atoms with van der Waals surface area (Å²) in [5.74, 6) is 1.11. The molecule has 6 heteroatoms. The second-order valence-electron chi connectivity index (χ2n) is 11.6. The zero-order valence-corrected chi connectivity index (χ0v) is 23.1. The molecule has 0 spiro atoms. The molecule has 0 fully saturated rings. The zero-order chi connectivity index (χ0) is 25.0. The van der Waals surface area contributed by atoms with Crippen LogP contribution in [0, 0.1) is 10.8 Å². The van der Waals surface area contributed by atoms with Gasteiger partial charge >= 0.3 is 5.97 Å². The molecular formula is C27H43O5Si. The van der Waals surface area contributed by atoms with Crippen molar-refractivity contribution in [2.24, 2.45) is 10.8 Å². The van der Waals surface area contributed by atoms with E-state index in [0.29, 0.717) is 26.2 Å². The monoisotopic (exact) mass is 475 g/mol. The van der Waals surface area contributed by atoms with E-state index in [0.717, 1.165) is 23.5 Å². The molecule has 0 amide bonds. The first-order valence-electron chi connectivity index (χ1n) is 12.0. The summed E-state index contributed by atoms with van der Waals surface area (Å²) in [7, 11) is -0.973. The molecule has 33 heavy (non-hydrogen) atoms. The van der Waals surface area contributed by atoms with Crippen LogP contribution in [0.5, 0.6) is 5.75 Å². The summed E-state index contributed by atoms with van der Waals surface area (Å²) in [6, 6.07) is 6.38. The highest BCUT2D eigenvalue weighted by molar-refractivity contribution is 6.49. The Morgan fingerprint density at radius 2 is 1.82 bits per heavy atom. The number of unbranched alkanes of at least 4 members (excludes halogenated alkanes) is 1. The maximum absolute atomic E-state index is 10.7. The summed E-state index contributed by atoms with van der Waals surface area (Å²) in [5, 5.41) is 8.82. The minimum absolute atomic E-state index is 0.0495. The predicted octanol–water partition coefficient (Wildman–Crippen LogP) is 6.68. The molecule has 1 aliphatic rings. The number of ether oxygens (including phenoxy) is 2. The van der Waals surface area contributed by atoms with E-state index < -0.39 is 15.0 Å². The van der Waals surface area contributed by atoms with Gasteiger partial charge in [0.2, 0.25) is 0 Å². The largest absolute Gasteiger partial charge is 0.542 e. The van der Waals surface area contributed by atoms with Gasteiger partial charge in [-0.1, -0.05) is 60.6 Å². The lowest BCUT2D eigenvalue weighted by atomic mass is 9.70. The van der Waals surface area contributed by atoms with Crippen molar-refractivity contribution in [2.45, 2.75) is 86.2 Å². The topological polar surface area (TPSA) is 65.0 Å². The fraction of sp³-hybridized carbons (Fsp3) is 0.667. The Morgan fingerprint density at radius 1 is 1.15 bits per heavy atom. The number of rotatable bonds is 11. The molecule has 0 unspecified atom stereocenters. The average molecular weight is 476 g/mol. The van der Waals surface area contributed by atoms with E-state index in [2.05, 4.69) is 79.8 Å². The lowest BCUT2D eigenvalue weighted by Crippen LogP contribution is -2.31. The molecule has 0 bridgehead atoms. The van der Waals surface area contributed by atoms with Gasteiger partial charge in [0.15, 0.2) is 0 Å². The van der Waals surface area contributed by atoms with Gasteiger partial charge in [-0.05, 0) is 48.6 Å². The van der Waals surface area contributed by atoms with Gasteiger partial charge in [-0.3, -0.25) is 4.79 Å². The third-order valence-electron chi connectivity index (χ3n) is 5.92. The van der Waals surface area contributed by atoms with Gasteiger partial charge in [-0.25, -0.2) is 0 Å². The number of aliphatic carboxylic acids is 1. The second-order valence-corrected chi connectivity index (χ2v) is 13.6. The summed E-state index contributed by atoms with van der Waals surface area (Å²) in [4.78, 5) is 10.7. The Balaban J connectivity index is 2.43. The van der Waals surface area contributed by atoms with Gasteiger partial charge in [0.25, 0.3) is 9.04 Å². The SMILES string of the molecule is C[Si](C)Oc1c(C2=C(C(C)(C)COCCCCC(=O)O)C(C)(C)CO2)cccc1C(C)(C)C. The summed E-state index contributed by atoms with van der Waals surface area (Å²) in [6.07, 6.45) is 1.57. The van der Waals surface area contributed by atoms with Gasteiger partial charge < -0.3 is 19.0 Å². The van der Waals surface area contributed by atoms with Crippen LogP contribution in [-0.2, 0) is 19.7 Å². The van der Waals surface area contributed by atoms with Crippen LogP contribution in [0.25, 0.3) is 5.76 Å². The molecule has 1 aromatic carbocycles. The molecule has 1 aliphatic heterocycles. The van der Waals surface area contributed by atoms with Crippen LogP contribution < -0.4 is 4.43 Å². The molecule has 0 saturated carbocycles. The molecule has 1 N–H and O–H groups in total. The molecule has 1 aromatic rings. The quantitative estimate of drug-likeness (QED) is 0.286. The first kappa shape index (κ1) is 27.5. The molecular weight excluding hydrogens is 432 g/mol. The smallest absolute Gasteiger partial charge is 0.303 e. The molecule has 1 radical (unpaired) electrons. The lowest BCUT2D eigenvalue weighted by Gasteiger charge is -2.34. The number of benzene rings is 1. The number of carboxylic acids is 1. The van der Waals surface area contributed by atoms with E-state index in [-0.39, 0.29) is 22.7 Å². The van der Waals surface area contributed by atoms with Gasteiger partial charge in [0.05, 0.1) is 18.8 Å². The van der Waals surface area contributed by atoms with Crippen LogP contribution in [-0.4, -0.2) is 39.9 Å². The molecule has 0 aliphatic carbocycles. The van der Waals surface area contributed by atoms with Gasteiger partial charge in [0.1, 0.15) is 11.5 Å². The number of carboxylic acid groups (broad SMARTS) is 1. The van der Waals surface area contributed by atoms with Gasteiger partial charge in [-0.2, -0.15) is 0 Å². The van der Waals surface area contributed by atoms with Crippen LogP contribution in [0.3, 0.4) is 0 Å². The predicted molar refractivity (Wildman–Crippen MR) is 136 cm³/mol. The van der Waals surface area contributed by atoms with Crippen LogP contribution in [0.1, 0.15) is 78.9 Å². The molecule has 2 rings (SSSR count). The van der Waals surface area contributed by atoms with E-state index in [4.69, 9.17) is 19.0 Å². The van der Waals surface area contributed by atoms with Crippen molar-refractivity contribution in [3.05, 3.63) is 34.9 Å². The molecule has 5 nitrogen and oxygen atoms in total. The second kappa shape index (κ2) is 10.6. The van der Waals surface area contributed by atoms with Crippen molar-refractivity contribution in [2.75, 3.05) is 19.8 Å². The average Bonchev–Trinajstić information content (AvgIpc) is 2.99. The maximum Gasteiger partial charge on any atom is 0.303 e. The normalized spacial score (nSPS) is 16.3. The highest BCUT2D eigenvalue weighted by atomic mass is 28.3. The molecule has 1 heterocycles. The van der Waals surface area contributed by atoms with Crippen molar-refractivity contribution in [3.8, 4) is 5.75 Å². The van der Waals surface area contributed by atoms with Crippen molar-refractivity contribution in [1.29, 1.82) is 0 Å². The van der Waals surface area contributed by atoms with Gasteiger partial charge in [0, 0.05) is 23.9 Å². The summed E-state index contributed by atoms with van der Waals surface area (Å²) < 4.78 is 18.9. The van der Waals surface area contributed by atoms with Crippen LogP contribution in [0.2, 0.25) is 13.1 Å². The Labute approximate surface area is 202 Å². The highest BCUT2D eigenvalue weighted by Crippen LogP contribution is 2.52. The first-order chi connectivity index (χ1) is 15.2. The molecule has 0 aromatic heterocycles. The Bertz CT molecular complexity index is 862. The van der Waals surface area contributed by atoms with E-state index in [1.165, 1.54) is 11.1 Å². The van der Waals surface area contributed by atoms with Gasteiger partial charge in [-0.15, -0.1) is 0 Å². The van der Waals surface area contributed by atoms with Crippen molar-refractivity contribution < 1.29 is 23.8 Å². The standard InChI is InChI=1S/C27H43O5Si/c1-25(2,3)20-14-12-13-19(22(20)32-33(8)9)23-24(27(6,7)18-31-23)26(4,5)17-30-16-11-10-15-21(28)29/h12-14H,10-11,15-18H2,1-9H3,(H,28,29).